The van der Waals surface area contributed by atoms with Crippen molar-refractivity contribution in [3.63, 3.8) is 0 Å². The molecule has 1 fully saturated rings. The van der Waals surface area contributed by atoms with Crippen LogP contribution in [-0.2, 0) is 0 Å². The van der Waals surface area contributed by atoms with Crippen LogP contribution in [0.25, 0.3) is 0 Å². The van der Waals surface area contributed by atoms with Crippen LogP contribution in [0.2, 0.25) is 0 Å². The van der Waals surface area contributed by atoms with E-state index in [1.165, 1.54) is 0 Å². The first-order valence-electron chi connectivity index (χ1n) is 2.11. The van der Waals surface area contributed by atoms with Gasteiger partial charge in [-0.25, -0.2) is 0 Å². The Morgan fingerprint density at radius 3 is 2.33 bits per heavy atom. The molecule has 0 saturated heterocycles. The molecule has 1 heteroatoms. The van der Waals surface area contributed by atoms with Crippen molar-refractivity contribution in [2.75, 3.05) is 0 Å². The molecule has 0 aliphatic heterocycles. The lowest BCUT2D eigenvalue weighted by Crippen LogP contribution is -1.64. The molecular formula is C5H7Cl. The predicted octanol–water partition coefficient (Wildman–Crippen LogP) is 1.80. The second-order valence-corrected chi connectivity index (χ2v) is 2.21. The van der Waals surface area contributed by atoms with Gasteiger partial charge in [0.25, 0.3) is 0 Å². The number of halogens is 1. The molecule has 34 valence electrons. The topological polar surface area (TPSA) is 0 Å². The molecule has 0 aromatic heterocycles. The zero-order valence-electron chi connectivity index (χ0n) is 3.52. The second-order valence-electron chi connectivity index (χ2n) is 1.65. The van der Waals surface area contributed by atoms with Gasteiger partial charge in [-0.1, -0.05) is 6.08 Å². The molecule has 2 atom stereocenters. The van der Waals surface area contributed by atoms with Crippen LogP contribution in [-0.4, -0.2) is 5.38 Å². The summed E-state index contributed by atoms with van der Waals surface area (Å²) in [6.07, 6.45) is 3.06. The summed E-state index contributed by atoms with van der Waals surface area (Å²) in [5, 5.41) is 0.419. The van der Waals surface area contributed by atoms with Crippen molar-refractivity contribution in [1.29, 1.82) is 0 Å². The van der Waals surface area contributed by atoms with E-state index in [1.54, 1.807) is 0 Å². The molecular weight excluding hydrogens is 95.5 g/mol. The third-order valence-corrected chi connectivity index (χ3v) is 1.56. The van der Waals surface area contributed by atoms with Crippen LogP contribution < -0.4 is 0 Å². The fourth-order valence-electron chi connectivity index (χ4n) is 0.425. The van der Waals surface area contributed by atoms with Gasteiger partial charge in [-0.15, -0.1) is 18.2 Å². The first-order valence-corrected chi connectivity index (χ1v) is 2.55. The molecule has 1 rings (SSSR count). The van der Waals surface area contributed by atoms with Crippen LogP contribution in [0.5, 0.6) is 0 Å². The molecule has 0 amide bonds. The standard InChI is InChI=1S/C5H7Cl/c1-2-4-3-5(4)6/h2,4-5H,1,3H2. The minimum Gasteiger partial charge on any atom is -0.122 e. The summed E-state index contributed by atoms with van der Waals surface area (Å²) in [6.45, 7) is 3.59. The quantitative estimate of drug-likeness (QED) is 0.350. The van der Waals surface area contributed by atoms with Crippen molar-refractivity contribution in [3.05, 3.63) is 12.7 Å². The largest absolute Gasteiger partial charge is 0.122 e. The van der Waals surface area contributed by atoms with Gasteiger partial charge in [-0.05, 0) is 12.3 Å². The van der Waals surface area contributed by atoms with Gasteiger partial charge in [0, 0.05) is 5.38 Å². The van der Waals surface area contributed by atoms with Crippen LogP contribution in [0.1, 0.15) is 6.42 Å². The highest BCUT2D eigenvalue weighted by atomic mass is 35.5. The highest BCUT2D eigenvalue weighted by Crippen LogP contribution is 2.36. The molecule has 0 spiro atoms. The molecule has 0 bridgehead atoms. The molecule has 6 heavy (non-hydrogen) atoms. The highest BCUT2D eigenvalue weighted by molar-refractivity contribution is 6.22. The van der Waals surface area contributed by atoms with E-state index >= 15 is 0 Å². The molecule has 0 nitrogen and oxygen atoms in total. The normalized spacial score (nSPS) is 42.2. The van der Waals surface area contributed by atoms with Gasteiger partial charge >= 0.3 is 0 Å². The molecule has 0 heterocycles. The Labute approximate surface area is 42.8 Å². The van der Waals surface area contributed by atoms with E-state index in [2.05, 4.69) is 6.58 Å². The van der Waals surface area contributed by atoms with E-state index in [1.807, 2.05) is 6.08 Å². The minimum absolute atomic E-state index is 0.419. The van der Waals surface area contributed by atoms with E-state index in [-0.39, 0.29) is 0 Å². The smallest absolute Gasteiger partial charge is 0.0405 e. The molecule has 2 unspecified atom stereocenters. The average Bonchev–Trinajstić information content (AvgIpc) is 2.19. The van der Waals surface area contributed by atoms with Crippen molar-refractivity contribution in [1.82, 2.24) is 0 Å². The first kappa shape index (κ1) is 4.20. The Balaban J connectivity index is 2.25. The Bertz CT molecular complexity index is 68.3. The number of allylic oxidation sites excluding steroid dienone is 1. The second kappa shape index (κ2) is 1.27. The van der Waals surface area contributed by atoms with Crippen LogP contribution in [0, 0.1) is 5.92 Å². The predicted molar refractivity (Wildman–Crippen MR) is 27.9 cm³/mol. The maximum absolute atomic E-state index is 5.58. The zero-order valence-corrected chi connectivity index (χ0v) is 4.28. The lowest BCUT2D eigenvalue weighted by molar-refractivity contribution is 1.13. The third kappa shape index (κ3) is 0.574. The van der Waals surface area contributed by atoms with E-state index in [0.29, 0.717) is 11.3 Å². The van der Waals surface area contributed by atoms with Crippen molar-refractivity contribution < 1.29 is 0 Å². The van der Waals surface area contributed by atoms with Crippen LogP contribution in [0.4, 0.5) is 0 Å². The van der Waals surface area contributed by atoms with Crippen molar-refractivity contribution >= 4 is 11.6 Å². The maximum atomic E-state index is 5.58. The monoisotopic (exact) mass is 102 g/mol. The summed E-state index contributed by atoms with van der Waals surface area (Å²) >= 11 is 5.58. The Hall–Kier alpha value is 0.0300. The van der Waals surface area contributed by atoms with Crippen LogP contribution in [0.15, 0.2) is 12.7 Å². The lowest BCUT2D eigenvalue weighted by atomic mass is 10.4. The fraction of sp³-hybridized carbons (Fsp3) is 0.600. The van der Waals surface area contributed by atoms with Gasteiger partial charge < -0.3 is 0 Å². The molecule has 0 aromatic carbocycles. The van der Waals surface area contributed by atoms with Crippen molar-refractivity contribution in [2.45, 2.75) is 11.8 Å². The van der Waals surface area contributed by atoms with Crippen LogP contribution in [0.3, 0.4) is 0 Å². The summed E-state index contributed by atoms with van der Waals surface area (Å²) in [4.78, 5) is 0. The summed E-state index contributed by atoms with van der Waals surface area (Å²) in [7, 11) is 0. The van der Waals surface area contributed by atoms with E-state index in [9.17, 15) is 0 Å². The Morgan fingerprint density at radius 2 is 2.33 bits per heavy atom. The number of alkyl halides is 1. The van der Waals surface area contributed by atoms with Gasteiger partial charge in [0.05, 0.1) is 0 Å². The Kier molecular flexibility index (Phi) is 0.886. The lowest BCUT2D eigenvalue weighted by Gasteiger charge is -1.70. The number of rotatable bonds is 1. The molecule has 1 saturated carbocycles. The SMILES string of the molecule is C=CC1CC1Cl. The fourth-order valence-corrected chi connectivity index (χ4v) is 0.734. The third-order valence-electron chi connectivity index (χ3n) is 1.06. The van der Waals surface area contributed by atoms with Gasteiger partial charge in [0.15, 0.2) is 0 Å². The molecule has 0 radical (unpaired) electrons. The first-order chi connectivity index (χ1) is 2.84. The molecule has 0 aromatic rings. The van der Waals surface area contributed by atoms with Gasteiger partial charge in [0.1, 0.15) is 0 Å². The van der Waals surface area contributed by atoms with Gasteiger partial charge in [0.2, 0.25) is 0 Å². The summed E-state index contributed by atoms with van der Waals surface area (Å²) < 4.78 is 0. The number of hydrogen-bond donors (Lipinski definition) is 0. The number of hydrogen-bond acceptors (Lipinski definition) is 0. The Morgan fingerprint density at radius 1 is 1.83 bits per heavy atom. The summed E-state index contributed by atoms with van der Waals surface area (Å²) in [5.41, 5.74) is 0. The molecule has 1 aliphatic carbocycles. The zero-order chi connectivity index (χ0) is 4.57. The van der Waals surface area contributed by atoms with E-state index in [0.717, 1.165) is 6.42 Å². The van der Waals surface area contributed by atoms with Gasteiger partial charge in [-0.2, -0.15) is 0 Å². The van der Waals surface area contributed by atoms with E-state index < -0.39 is 0 Å². The average molecular weight is 103 g/mol. The summed E-state index contributed by atoms with van der Waals surface area (Å²) in [6, 6.07) is 0. The summed E-state index contributed by atoms with van der Waals surface area (Å²) in [5.74, 6) is 0.631. The maximum Gasteiger partial charge on any atom is 0.0405 e. The van der Waals surface area contributed by atoms with Gasteiger partial charge in [-0.3, -0.25) is 0 Å². The van der Waals surface area contributed by atoms with E-state index in [4.69, 9.17) is 11.6 Å². The van der Waals surface area contributed by atoms with Crippen molar-refractivity contribution in [2.24, 2.45) is 5.92 Å². The molecule has 0 N–H and O–H groups in total. The van der Waals surface area contributed by atoms with Crippen molar-refractivity contribution in [3.8, 4) is 0 Å². The minimum atomic E-state index is 0.419. The highest BCUT2D eigenvalue weighted by Gasteiger charge is 2.31. The van der Waals surface area contributed by atoms with Crippen LogP contribution >= 0.6 is 11.6 Å². The molecule has 1 aliphatic rings.